The second-order valence-corrected chi connectivity index (χ2v) is 3.79. The molecule has 0 amide bonds. The van der Waals surface area contributed by atoms with Crippen LogP contribution in [0.4, 0.5) is 5.69 Å². The van der Waals surface area contributed by atoms with Crippen LogP contribution in [-0.4, -0.2) is 34.4 Å². The lowest BCUT2D eigenvalue weighted by Gasteiger charge is -2.10. The van der Waals surface area contributed by atoms with Crippen molar-refractivity contribution >= 4 is 5.69 Å². The highest BCUT2D eigenvalue weighted by Gasteiger charge is 2.12. The normalized spacial score (nSPS) is 12.4. The topological polar surface area (TPSA) is 95.6 Å². The Morgan fingerprint density at radius 2 is 2.24 bits per heavy atom. The van der Waals surface area contributed by atoms with Gasteiger partial charge in [-0.3, -0.25) is 10.1 Å². The summed E-state index contributed by atoms with van der Waals surface area (Å²) in [5.74, 6) is 0. The molecule has 0 bridgehead atoms. The van der Waals surface area contributed by atoms with Gasteiger partial charge in [0.1, 0.15) is 0 Å². The summed E-state index contributed by atoms with van der Waals surface area (Å²) in [5, 5.41) is 31.4. The van der Waals surface area contributed by atoms with Crippen LogP contribution in [0.25, 0.3) is 0 Å². The van der Waals surface area contributed by atoms with Crippen molar-refractivity contribution in [2.75, 3.05) is 13.2 Å². The number of nitrogens with one attached hydrogen (secondary N) is 1. The van der Waals surface area contributed by atoms with Gasteiger partial charge in [-0.1, -0.05) is 12.1 Å². The number of hydrogen-bond donors (Lipinski definition) is 3. The Morgan fingerprint density at radius 3 is 2.82 bits per heavy atom. The molecule has 6 nitrogen and oxygen atoms in total. The van der Waals surface area contributed by atoms with Crippen LogP contribution >= 0.6 is 0 Å². The number of nitro groups is 1. The van der Waals surface area contributed by atoms with Crippen molar-refractivity contribution in [2.45, 2.75) is 19.6 Å². The van der Waals surface area contributed by atoms with Gasteiger partial charge in [0.15, 0.2) is 0 Å². The fourth-order valence-electron chi connectivity index (χ4n) is 1.50. The fraction of sp³-hybridized carbons (Fsp3) is 0.455. The smallest absolute Gasteiger partial charge is 0.272 e. The van der Waals surface area contributed by atoms with Gasteiger partial charge in [0.25, 0.3) is 5.69 Å². The summed E-state index contributed by atoms with van der Waals surface area (Å²) in [4.78, 5) is 10.3. The van der Waals surface area contributed by atoms with E-state index in [2.05, 4.69) is 5.32 Å². The molecule has 0 unspecified atom stereocenters. The summed E-state index contributed by atoms with van der Waals surface area (Å²) >= 11 is 0. The van der Waals surface area contributed by atoms with Crippen molar-refractivity contribution < 1.29 is 15.1 Å². The molecular formula is C11H16N2O4. The highest BCUT2D eigenvalue weighted by molar-refractivity contribution is 5.44. The predicted molar refractivity (Wildman–Crippen MR) is 62.6 cm³/mol. The number of nitrogens with zero attached hydrogens (tertiary/aromatic N) is 1. The van der Waals surface area contributed by atoms with E-state index in [0.29, 0.717) is 12.1 Å². The van der Waals surface area contributed by atoms with E-state index in [9.17, 15) is 10.1 Å². The first-order valence-electron chi connectivity index (χ1n) is 5.28. The summed E-state index contributed by atoms with van der Waals surface area (Å²) in [6.07, 6.45) is -0.811. The first-order valence-corrected chi connectivity index (χ1v) is 5.28. The van der Waals surface area contributed by atoms with Gasteiger partial charge in [0.05, 0.1) is 17.6 Å². The molecule has 94 valence electrons. The molecule has 0 aliphatic rings. The lowest BCUT2D eigenvalue weighted by atomic mass is 10.1. The molecule has 1 aromatic rings. The Kier molecular flexibility index (Phi) is 5.02. The molecule has 0 spiro atoms. The molecule has 0 aliphatic carbocycles. The molecule has 0 saturated heterocycles. The Balaban J connectivity index is 2.66. The van der Waals surface area contributed by atoms with E-state index in [4.69, 9.17) is 10.2 Å². The van der Waals surface area contributed by atoms with Crippen molar-refractivity contribution in [1.29, 1.82) is 0 Å². The van der Waals surface area contributed by atoms with Crippen molar-refractivity contribution in [3.8, 4) is 0 Å². The van der Waals surface area contributed by atoms with Crippen LogP contribution in [0.2, 0.25) is 0 Å². The van der Waals surface area contributed by atoms with E-state index < -0.39 is 11.0 Å². The van der Waals surface area contributed by atoms with E-state index in [1.807, 2.05) is 0 Å². The van der Waals surface area contributed by atoms with E-state index >= 15 is 0 Å². The predicted octanol–water partition coefficient (Wildman–Crippen LogP) is 0.346. The molecule has 0 fully saturated rings. The zero-order valence-electron chi connectivity index (χ0n) is 9.59. The molecule has 1 atom stereocenters. The summed E-state index contributed by atoms with van der Waals surface area (Å²) in [6.45, 7) is 2.06. The van der Waals surface area contributed by atoms with Crippen LogP contribution in [0.5, 0.6) is 0 Å². The maximum Gasteiger partial charge on any atom is 0.272 e. The largest absolute Gasteiger partial charge is 0.394 e. The van der Waals surface area contributed by atoms with Crippen molar-refractivity contribution in [2.24, 2.45) is 0 Å². The second kappa shape index (κ2) is 6.29. The lowest BCUT2D eigenvalue weighted by molar-refractivity contribution is -0.385. The number of rotatable bonds is 6. The second-order valence-electron chi connectivity index (χ2n) is 3.79. The molecule has 0 heterocycles. The van der Waals surface area contributed by atoms with Crippen LogP contribution in [-0.2, 0) is 6.54 Å². The van der Waals surface area contributed by atoms with Crippen LogP contribution in [0.15, 0.2) is 18.2 Å². The standard InChI is InChI=1S/C11H16N2O4/c1-8-9(5-12-6-10(15)7-14)3-2-4-11(8)13(16)17/h2-4,10,12,14-15H,5-7H2,1H3/t10-/m0/s1. The molecular weight excluding hydrogens is 224 g/mol. The first-order chi connectivity index (χ1) is 8.06. The van der Waals surface area contributed by atoms with Gasteiger partial charge in [-0.2, -0.15) is 0 Å². The molecule has 0 aliphatic heterocycles. The molecule has 0 aromatic heterocycles. The fourth-order valence-corrected chi connectivity index (χ4v) is 1.50. The summed E-state index contributed by atoms with van der Waals surface area (Å²) in [7, 11) is 0. The molecule has 17 heavy (non-hydrogen) atoms. The average Bonchev–Trinajstić information content (AvgIpc) is 2.30. The van der Waals surface area contributed by atoms with Gasteiger partial charge in [-0.25, -0.2) is 0 Å². The molecule has 0 radical (unpaired) electrons. The zero-order valence-corrected chi connectivity index (χ0v) is 9.59. The van der Waals surface area contributed by atoms with Gasteiger partial charge >= 0.3 is 0 Å². The third kappa shape index (κ3) is 3.77. The zero-order chi connectivity index (χ0) is 12.8. The van der Waals surface area contributed by atoms with Crippen LogP contribution in [0, 0.1) is 17.0 Å². The van der Waals surface area contributed by atoms with Crippen LogP contribution < -0.4 is 5.32 Å². The Hall–Kier alpha value is -1.50. The SMILES string of the molecule is Cc1c(CNC[C@H](O)CO)cccc1[N+](=O)[O-]. The van der Waals surface area contributed by atoms with Gasteiger partial charge in [-0.15, -0.1) is 0 Å². The first kappa shape index (κ1) is 13.6. The average molecular weight is 240 g/mol. The van der Waals surface area contributed by atoms with Gasteiger partial charge in [-0.05, 0) is 12.5 Å². The van der Waals surface area contributed by atoms with Gasteiger partial charge in [0, 0.05) is 24.7 Å². The number of nitro benzene ring substituents is 1. The molecule has 6 heteroatoms. The van der Waals surface area contributed by atoms with Crippen LogP contribution in [0.3, 0.4) is 0 Å². The minimum atomic E-state index is -0.811. The highest BCUT2D eigenvalue weighted by Crippen LogP contribution is 2.20. The third-order valence-electron chi connectivity index (χ3n) is 2.52. The Morgan fingerprint density at radius 1 is 1.53 bits per heavy atom. The molecule has 1 rings (SSSR count). The Labute approximate surface area is 99.0 Å². The number of aliphatic hydroxyl groups is 2. The van der Waals surface area contributed by atoms with E-state index in [0.717, 1.165) is 5.56 Å². The highest BCUT2D eigenvalue weighted by atomic mass is 16.6. The van der Waals surface area contributed by atoms with E-state index in [1.54, 1.807) is 19.1 Å². The van der Waals surface area contributed by atoms with Gasteiger partial charge < -0.3 is 15.5 Å². The van der Waals surface area contributed by atoms with Gasteiger partial charge in [0.2, 0.25) is 0 Å². The number of benzene rings is 1. The minimum Gasteiger partial charge on any atom is -0.394 e. The number of aliphatic hydroxyl groups excluding tert-OH is 2. The van der Waals surface area contributed by atoms with E-state index in [-0.39, 0.29) is 18.8 Å². The van der Waals surface area contributed by atoms with Crippen LogP contribution in [0.1, 0.15) is 11.1 Å². The molecule has 1 aromatic carbocycles. The minimum absolute atomic E-state index is 0.0898. The molecule has 0 saturated carbocycles. The van der Waals surface area contributed by atoms with E-state index in [1.165, 1.54) is 6.07 Å². The maximum atomic E-state index is 10.7. The summed E-state index contributed by atoms with van der Waals surface area (Å²) in [6, 6.07) is 4.88. The quantitative estimate of drug-likeness (QED) is 0.492. The maximum absolute atomic E-state index is 10.7. The summed E-state index contributed by atoms with van der Waals surface area (Å²) in [5.41, 5.74) is 1.51. The summed E-state index contributed by atoms with van der Waals surface area (Å²) < 4.78 is 0. The Bertz CT molecular complexity index is 395. The monoisotopic (exact) mass is 240 g/mol. The lowest BCUT2D eigenvalue weighted by Crippen LogP contribution is -2.29. The third-order valence-corrected chi connectivity index (χ3v) is 2.52. The van der Waals surface area contributed by atoms with Crippen molar-refractivity contribution in [3.05, 3.63) is 39.4 Å². The number of hydrogen-bond acceptors (Lipinski definition) is 5. The van der Waals surface area contributed by atoms with Crippen molar-refractivity contribution in [3.63, 3.8) is 0 Å². The van der Waals surface area contributed by atoms with Crippen molar-refractivity contribution in [1.82, 2.24) is 5.32 Å². The molecule has 3 N–H and O–H groups in total.